The zero-order valence-electron chi connectivity index (χ0n) is 53.0. The van der Waals surface area contributed by atoms with Crippen LogP contribution in [0.5, 0.6) is 0 Å². The number of carbonyl (C=O) groups is 12. The Morgan fingerprint density at radius 3 is 1.54 bits per heavy atom. The van der Waals surface area contributed by atoms with E-state index in [-0.39, 0.29) is 69.3 Å². The number of nitrogens with two attached hydrogens (primary N) is 5. The molecule has 0 fully saturated rings. The van der Waals surface area contributed by atoms with Crippen LogP contribution in [0, 0.1) is 11.8 Å². The third-order valence-electron chi connectivity index (χ3n) is 14.6. The van der Waals surface area contributed by atoms with Crippen LogP contribution in [0.25, 0.3) is 10.9 Å². The number of rotatable bonds is 39. The third-order valence-corrected chi connectivity index (χ3v) is 14.6. The van der Waals surface area contributed by atoms with E-state index in [1.54, 1.807) is 60.8 Å². The molecule has 3 heterocycles. The fourth-order valence-electron chi connectivity index (χ4n) is 9.77. The van der Waals surface area contributed by atoms with E-state index >= 15 is 0 Å². The fraction of sp³-hybridized carbons (Fsp3) is 0.459. The van der Waals surface area contributed by atoms with Gasteiger partial charge >= 0.3 is 0 Å². The number of aliphatic imine (C=N–C) groups is 1. The summed E-state index contributed by atoms with van der Waals surface area (Å²) < 4.78 is 0. The lowest BCUT2D eigenvalue weighted by Gasteiger charge is -2.26. The summed E-state index contributed by atoms with van der Waals surface area (Å²) in [6, 6.07) is 3.61. The molecule has 0 aliphatic carbocycles. The van der Waals surface area contributed by atoms with Crippen molar-refractivity contribution in [3.8, 4) is 0 Å². The Bertz CT molecular complexity index is 3410. The van der Waals surface area contributed by atoms with Crippen molar-refractivity contribution in [1.82, 2.24) is 78.1 Å². The van der Waals surface area contributed by atoms with Gasteiger partial charge in [0, 0.05) is 73.1 Å². The molecule has 0 spiro atoms. The number of aromatic amines is 3. The zero-order valence-corrected chi connectivity index (χ0v) is 53.0. The second kappa shape index (κ2) is 36.9. The molecular weight excluding hydrogens is 1220 g/mol. The van der Waals surface area contributed by atoms with E-state index in [2.05, 4.69) is 83.1 Å². The van der Waals surface area contributed by atoms with E-state index in [4.69, 9.17) is 28.7 Å². The van der Waals surface area contributed by atoms with Gasteiger partial charge in [-0.05, 0) is 61.6 Å². The number of fused-ring (bicyclic) bond motifs is 1. The quantitative estimate of drug-likeness (QED) is 0.0101. The lowest BCUT2D eigenvalue weighted by molar-refractivity contribution is -0.135. The minimum atomic E-state index is -1.67. The highest BCUT2D eigenvalue weighted by molar-refractivity contribution is 5.99. The van der Waals surface area contributed by atoms with Crippen LogP contribution in [0.15, 0.2) is 90.8 Å². The third kappa shape index (κ3) is 25.2. The molecule has 0 aliphatic rings. The zero-order chi connectivity index (χ0) is 69.0. The van der Waals surface area contributed by atoms with E-state index in [1.807, 2.05) is 27.7 Å². The molecule has 33 nitrogen and oxygen atoms in total. The minimum Gasteiger partial charge on any atom is -0.370 e. The maximum absolute atomic E-state index is 14.5. The van der Waals surface area contributed by atoms with E-state index in [0.29, 0.717) is 39.8 Å². The van der Waals surface area contributed by atoms with E-state index in [0.717, 1.165) is 0 Å². The van der Waals surface area contributed by atoms with Crippen LogP contribution in [-0.4, -0.2) is 176 Å². The molecule has 2 aromatic carbocycles. The number of para-hydroxylation sites is 1. The van der Waals surface area contributed by atoms with Crippen LogP contribution in [0.3, 0.4) is 0 Å². The van der Waals surface area contributed by atoms with Gasteiger partial charge in [0.05, 0.1) is 38.2 Å². The molecule has 0 aliphatic heterocycles. The number of amides is 12. The van der Waals surface area contributed by atoms with Gasteiger partial charge in [-0.3, -0.25) is 62.5 Å². The Hall–Kier alpha value is -10.7. The van der Waals surface area contributed by atoms with Crippen molar-refractivity contribution >= 4 is 87.7 Å². The van der Waals surface area contributed by atoms with Gasteiger partial charge in [-0.2, -0.15) is 0 Å². The molecule has 0 saturated carbocycles. The van der Waals surface area contributed by atoms with Crippen LogP contribution in [0.1, 0.15) is 89.2 Å². The lowest BCUT2D eigenvalue weighted by Crippen LogP contribution is -2.60. The summed E-state index contributed by atoms with van der Waals surface area (Å²) in [6.45, 7) is 7.52. The predicted octanol–water partition coefficient (Wildman–Crippen LogP) is -4.15. The standard InChI is InChI=1S/C61H87N21O12/c1-32(2)18-42(52(64)86)78-57(91)43(19-33(3)4)80-58(92)46(22-37-26-67-30-73-37)76-51(85)29-72-55(89)45(21-36-25-70-41-16-10-9-14-39(36)41)79-53(87)34(5)75-56(90)44(20-35-12-7-6-8-13-35)81-59(93)47(23-38-27-68-31-74-38)82-60(94)48(24-49(63)83)77-50(84)28-71-54(88)40(62)15-11-17-69-61(65)66/h6-10,12-14,16,25-27,30-34,40,42-48,70H,11,15,17-24,28-29,62H2,1-5H3,(H2,63,83)(H2,64,86)(H,67,73)(H,68,74)(H,71,88)(H,72,89)(H,75,90)(H,76,85)(H,77,84)(H,78,91)(H,79,87)(H,80,92)(H,81,93)(H,82,94)(H4,65,66,69)/t34-,40+,42-,43-,44+,45+,46+,47-,48-/m0/s1. The van der Waals surface area contributed by atoms with Crippen molar-refractivity contribution in [1.29, 1.82) is 0 Å². The minimum absolute atomic E-state index is 0.00403. The largest absolute Gasteiger partial charge is 0.370 e. The SMILES string of the molecule is CC(C)C[C@H](NC(=O)[C@H](CC(C)C)NC(=O)[C@@H](Cc1cnc[nH]1)NC(=O)CNC(=O)[C@@H](Cc1c[nH]c2ccccc12)NC(=O)[C@H](C)NC(=O)[C@@H](Cc1ccccc1)NC(=O)[C@H](Cc1cnc[nH]1)NC(=O)[C@H](CC(N)=O)NC(=O)CNC(=O)[C@H](N)CCCN=C(N)N)C(N)=O. The van der Waals surface area contributed by atoms with Gasteiger partial charge in [-0.1, -0.05) is 76.2 Å². The molecule has 94 heavy (non-hydrogen) atoms. The number of hydrogen-bond acceptors (Lipinski definition) is 16. The summed E-state index contributed by atoms with van der Waals surface area (Å²) in [5.74, 6) is -10.5. The molecular formula is C61H87N21O12. The van der Waals surface area contributed by atoms with Gasteiger partial charge in [-0.25, -0.2) is 9.97 Å². The highest BCUT2D eigenvalue weighted by Crippen LogP contribution is 2.20. The van der Waals surface area contributed by atoms with Gasteiger partial charge < -0.3 is 96.8 Å². The number of H-pyrrole nitrogens is 3. The summed E-state index contributed by atoms with van der Waals surface area (Å²) in [6.07, 6.45) is 6.60. The number of guanidine groups is 1. The molecule has 0 unspecified atom stereocenters. The first-order valence-electron chi connectivity index (χ1n) is 30.5. The van der Waals surface area contributed by atoms with Crippen LogP contribution >= 0.6 is 0 Å². The van der Waals surface area contributed by atoms with Crippen molar-refractivity contribution in [2.75, 3.05) is 19.6 Å². The summed E-state index contributed by atoms with van der Waals surface area (Å²) in [7, 11) is 0. The fourth-order valence-corrected chi connectivity index (χ4v) is 9.77. The van der Waals surface area contributed by atoms with Crippen LogP contribution in [0.4, 0.5) is 0 Å². The highest BCUT2D eigenvalue weighted by Gasteiger charge is 2.35. The summed E-state index contributed by atoms with van der Waals surface area (Å²) >= 11 is 0. The second-order valence-corrected chi connectivity index (χ2v) is 23.4. The van der Waals surface area contributed by atoms with Crippen molar-refractivity contribution in [3.05, 3.63) is 108 Å². The van der Waals surface area contributed by atoms with Gasteiger partial charge in [0.2, 0.25) is 70.9 Å². The Kier molecular flexibility index (Phi) is 29.1. The molecule has 0 saturated heterocycles. The van der Waals surface area contributed by atoms with Gasteiger partial charge in [0.15, 0.2) is 5.96 Å². The molecule has 0 radical (unpaired) electrons. The summed E-state index contributed by atoms with van der Waals surface area (Å²) in [5.41, 5.74) is 30.3. The maximum atomic E-state index is 14.5. The highest BCUT2D eigenvalue weighted by atomic mass is 16.2. The maximum Gasteiger partial charge on any atom is 0.243 e. The van der Waals surface area contributed by atoms with Gasteiger partial charge in [-0.15, -0.1) is 0 Å². The molecule has 0 bridgehead atoms. The lowest BCUT2D eigenvalue weighted by atomic mass is 9.99. The van der Waals surface area contributed by atoms with Crippen molar-refractivity contribution in [2.24, 2.45) is 45.5 Å². The average Bonchev–Trinajstić information content (AvgIpc) is 1.65. The van der Waals surface area contributed by atoms with E-state index in [1.165, 1.54) is 32.0 Å². The Labute approximate surface area is 541 Å². The first-order valence-corrected chi connectivity index (χ1v) is 30.5. The molecule has 5 rings (SSSR count). The van der Waals surface area contributed by atoms with E-state index < -0.39 is 145 Å². The Morgan fingerprint density at radius 1 is 0.500 bits per heavy atom. The van der Waals surface area contributed by atoms with Gasteiger partial charge in [0.25, 0.3) is 0 Å². The van der Waals surface area contributed by atoms with Crippen LogP contribution in [-0.2, 0) is 83.2 Å². The first kappa shape index (κ1) is 74.0. The topological polar surface area (TPSA) is 541 Å². The molecule has 12 amide bonds. The number of nitrogens with one attached hydrogen (secondary N) is 13. The molecule has 23 N–H and O–H groups in total. The second-order valence-electron chi connectivity index (χ2n) is 23.4. The molecule has 9 atom stereocenters. The van der Waals surface area contributed by atoms with E-state index in [9.17, 15) is 57.5 Å². The Morgan fingerprint density at radius 2 is 0.979 bits per heavy atom. The summed E-state index contributed by atoms with van der Waals surface area (Å²) in [4.78, 5) is 184. The van der Waals surface area contributed by atoms with Crippen molar-refractivity contribution in [2.45, 2.75) is 147 Å². The smallest absolute Gasteiger partial charge is 0.243 e. The number of aromatic nitrogens is 5. The average molecular weight is 1310 g/mol. The molecule has 3 aromatic heterocycles. The number of imidazole rings is 2. The van der Waals surface area contributed by atoms with Crippen molar-refractivity contribution in [3.63, 3.8) is 0 Å². The number of nitrogens with zero attached hydrogens (tertiary/aromatic N) is 3. The number of primary amides is 2. The van der Waals surface area contributed by atoms with Crippen molar-refractivity contribution < 1.29 is 57.5 Å². The Balaban J connectivity index is 1.32. The first-order chi connectivity index (χ1) is 44.6. The van der Waals surface area contributed by atoms with Gasteiger partial charge in [0.1, 0.15) is 48.3 Å². The van der Waals surface area contributed by atoms with Crippen LogP contribution in [0.2, 0.25) is 0 Å². The number of hydrogen-bond donors (Lipinski definition) is 18. The molecule has 5 aromatic rings. The predicted molar refractivity (Wildman–Crippen MR) is 344 cm³/mol. The number of benzene rings is 2. The monoisotopic (exact) mass is 1310 g/mol. The molecule has 33 heteroatoms. The van der Waals surface area contributed by atoms with Crippen LogP contribution < -0.4 is 81.8 Å². The number of carbonyl (C=O) groups excluding carboxylic acids is 12. The normalized spacial score (nSPS) is 14.0. The summed E-state index contributed by atoms with van der Waals surface area (Å²) in [5, 5.41) is 26.4. The molecule has 508 valence electrons.